The Balaban J connectivity index is 2.41. The molecule has 1 aromatic rings. The van der Waals surface area contributed by atoms with Crippen LogP contribution in [0.4, 0.5) is 4.39 Å². The number of hydrogen-bond acceptors (Lipinski definition) is 1. The highest BCUT2D eigenvalue weighted by atomic mass is 35.5. The number of benzene rings is 1. The molecule has 0 radical (unpaired) electrons. The second-order valence-electron chi connectivity index (χ2n) is 3.46. The summed E-state index contributed by atoms with van der Waals surface area (Å²) in [4.78, 5) is 0. The molecule has 1 saturated carbocycles. The van der Waals surface area contributed by atoms with E-state index in [2.05, 4.69) is 5.32 Å². The zero-order chi connectivity index (χ0) is 9.47. The van der Waals surface area contributed by atoms with Crippen molar-refractivity contribution < 1.29 is 4.39 Å². The maximum atomic E-state index is 13.4. The molecule has 1 aliphatic carbocycles. The van der Waals surface area contributed by atoms with Gasteiger partial charge in [0.25, 0.3) is 0 Å². The van der Waals surface area contributed by atoms with Gasteiger partial charge < -0.3 is 5.32 Å². The lowest BCUT2D eigenvalue weighted by molar-refractivity contribution is 0.526. The first-order chi connectivity index (χ1) is 6.18. The maximum Gasteiger partial charge on any atom is 0.129 e. The third kappa shape index (κ3) is 1.45. The van der Waals surface area contributed by atoms with Gasteiger partial charge in [-0.15, -0.1) is 0 Å². The van der Waals surface area contributed by atoms with E-state index in [9.17, 15) is 4.39 Å². The molecule has 1 N–H and O–H groups in total. The lowest BCUT2D eigenvalue weighted by Crippen LogP contribution is -2.25. The molecule has 3 heteroatoms. The zero-order valence-electron chi connectivity index (χ0n) is 7.40. The van der Waals surface area contributed by atoms with Gasteiger partial charge in [-0.2, -0.15) is 0 Å². The van der Waals surface area contributed by atoms with Crippen LogP contribution < -0.4 is 5.32 Å². The maximum absolute atomic E-state index is 13.4. The summed E-state index contributed by atoms with van der Waals surface area (Å²) >= 11 is 5.67. The first-order valence-electron chi connectivity index (χ1n) is 4.32. The summed E-state index contributed by atoms with van der Waals surface area (Å²) in [5.74, 6) is -0.209. The van der Waals surface area contributed by atoms with Crippen molar-refractivity contribution >= 4 is 11.6 Å². The molecule has 2 rings (SSSR count). The van der Waals surface area contributed by atoms with E-state index < -0.39 is 0 Å². The Morgan fingerprint density at radius 2 is 2.15 bits per heavy atom. The van der Waals surface area contributed by atoms with Gasteiger partial charge in [-0.05, 0) is 32.0 Å². The minimum Gasteiger partial charge on any atom is -0.310 e. The van der Waals surface area contributed by atoms with Gasteiger partial charge in [0.2, 0.25) is 0 Å². The van der Waals surface area contributed by atoms with E-state index in [1.54, 1.807) is 12.1 Å². The van der Waals surface area contributed by atoms with Crippen LogP contribution >= 0.6 is 11.6 Å². The van der Waals surface area contributed by atoms with Gasteiger partial charge in [0.15, 0.2) is 0 Å². The second-order valence-corrected chi connectivity index (χ2v) is 3.89. The van der Waals surface area contributed by atoms with Crippen LogP contribution in [0.5, 0.6) is 0 Å². The number of halogens is 2. The quantitative estimate of drug-likeness (QED) is 0.773. The molecular formula is C10H11ClFN. The monoisotopic (exact) mass is 199 g/mol. The summed E-state index contributed by atoms with van der Waals surface area (Å²) in [6.45, 7) is 0. The minimum absolute atomic E-state index is 0.116. The fourth-order valence-electron chi connectivity index (χ4n) is 1.66. The van der Waals surface area contributed by atoms with Crippen LogP contribution in [0.2, 0.25) is 5.02 Å². The third-order valence-corrected chi connectivity index (χ3v) is 2.91. The smallest absolute Gasteiger partial charge is 0.129 e. The molecule has 1 fully saturated rings. The fraction of sp³-hybridized carbons (Fsp3) is 0.400. The van der Waals surface area contributed by atoms with Crippen LogP contribution in [0.25, 0.3) is 0 Å². The van der Waals surface area contributed by atoms with E-state index >= 15 is 0 Å². The zero-order valence-corrected chi connectivity index (χ0v) is 8.16. The van der Waals surface area contributed by atoms with E-state index in [1.807, 2.05) is 7.05 Å². The van der Waals surface area contributed by atoms with Gasteiger partial charge in [-0.1, -0.05) is 17.7 Å². The summed E-state index contributed by atoms with van der Waals surface area (Å²) in [6.07, 6.45) is 2.00. The Bertz CT molecular complexity index is 334. The molecule has 70 valence electrons. The van der Waals surface area contributed by atoms with Crippen molar-refractivity contribution in [3.8, 4) is 0 Å². The predicted molar refractivity (Wildman–Crippen MR) is 51.4 cm³/mol. The Morgan fingerprint density at radius 1 is 1.46 bits per heavy atom. The molecule has 0 spiro atoms. The standard InChI is InChI=1S/C10H11ClFN/c1-13-10(4-5-10)8-3-2-7(11)6-9(8)12/h2-3,6,13H,4-5H2,1H3. The van der Waals surface area contributed by atoms with Crippen molar-refractivity contribution in [1.29, 1.82) is 0 Å². The Labute approximate surface area is 81.9 Å². The highest BCUT2D eigenvalue weighted by Gasteiger charge is 2.44. The Morgan fingerprint density at radius 3 is 2.62 bits per heavy atom. The molecule has 0 aromatic heterocycles. The SMILES string of the molecule is CNC1(c2ccc(Cl)cc2F)CC1. The number of rotatable bonds is 2. The van der Waals surface area contributed by atoms with Crippen LogP contribution in [0.3, 0.4) is 0 Å². The van der Waals surface area contributed by atoms with Gasteiger partial charge >= 0.3 is 0 Å². The van der Waals surface area contributed by atoms with Gasteiger partial charge in [-0.25, -0.2) is 4.39 Å². The molecule has 0 heterocycles. The van der Waals surface area contributed by atoms with Gasteiger partial charge in [0.05, 0.1) is 0 Å². The third-order valence-electron chi connectivity index (χ3n) is 2.68. The van der Waals surface area contributed by atoms with E-state index in [4.69, 9.17) is 11.6 Å². The predicted octanol–water partition coefficient (Wildman–Crippen LogP) is 2.69. The Kier molecular flexibility index (Phi) is 2.05. The van der Waals surface area contributed by atoms with E-state index in [0.29, 0.717) is 5.02 Å². The van der Waals surface area contributed by atoms with Crippen molar-refractivity contribution in [2.45, 2.75) is 18.4 Å². The summed E-state index contributed by atoms with van der Waals surface area (Å²) in [6, 6.07) is 4.87. The molecule has 1 aliphatic rings. The fourth-order valence-corrected chi connectivity index (χ4v) is 1.82. The summed E-state index contributed by atoms with van der Waals surface area (Å²) in [5.41, 5.74) is 0.619. The number of hydrogen-bond donors (Lipinski definition) is 1. The van der Waals surface area contributed by atoms with Crippen molar-refractivity contribution in [2.75, 3.05) is 7.05 Å². The average Bonchev–Trinajstić information content (AvgIpc) is 2.85. The lowest BCUT2D eigenvalue weighted by atomic mass is 10.0. The lowest BCUT2D eigenvalue weighted by Gasteiger charge is -2.15. The first kappa shape index (κ1) is 8.97. The molecule has 13 heavy (non-hydrogen) atoms. The molecule has 0 bridgehead atoms. The summed E-state index contributed by atoms with van der Waals surface area (Å²) in [5, 5.41) is 3.60. The van der Waals surface area contributed by atoms with Crippen LogP contribution in [0.1, 0.15) is 18.4 Å². The second kappa shape index (κ2) is 2.96. The van der Waals surface area contributed by atoms with Crippen molar-refractivity contribution in [3.05, 3.63) is 34.6 Å². The molecule has 0 unspecified atom stereocenters. The highest BCUT2D eigenvalue weighted by Crippen LogP contribution is 2.46. The van der Waals surface area contributed by atoms with Gasteiger partial charge in [-0.3, -0.25) is 0 Å². The Hall–Kier alpha value is -0.600. The molecular weight excluding hydrogens is 189 g/mol. The summed E-state index contributed by atoms with van der Waals surface area (Å²) < 4.78 is 13.4. The van der Waals surface area contributed by atoms with Crippen molar-refractivity contribution in [1.82, 2.24) is 5.32 Å². The molecule has 1 nitrogen and oxygen atoms in total. The van der Waals surface area contributed by atoms with Crippen LogP contribution in [0, 0.1) is 5.82 Å². The van der Waals surface area contributed by atoms with Crippen molar-refractivity contribution in [3.63, 3.8) is 0 Å². The van der Waals surface area contributed by atoms with E-state index in [-0.39, 0.29) is 11.4 Å². The van der Waals surface area contributed by atoms with Gasteiger partial charge in [0, 0.05) is 16.1 Å². The van der Waals surface area contributed by atoms with Gasteiger partial charge in [0.1, 0.15) is 5.82 Å². The van der Waals surface area contributed by atoms with E-state index in [0.717, 1.165) is 18.4 Å². The number of nitrogens with one attached hydrogen (secondary N) is 1. The first-order valence-corrected chi connectivity index (χ1v) is 4.70. The largest absolute Gasteiger partial charge is 0.310 e. The molecule has 0 saturated heterocycles. The highest BCUT2D eigenvalue weighted by molar-refractivity contribution is 6.30. The van der Waals surface area contributed by atoms with E-state index in [1.165, 1.54) is 6.07 Å². The van der Waals surface area contributed by atoms with Crippen molar-refractivity contribution in [2.24, 2.45) is 0 Å². The minimum atomic E-state index is -0.209. The summed E-state index contributed by atoms with van der Waals surface area (Å²) in [7, 11) is 1.86. The normalized spacial score (nSPS) is 18.7. The molecule has 0 aliphatic heterocycles. The van der Waals surface area contributed by atoms with Crippen LogP contribution in [0.15, 0.2) is 18.2 Å². The van der Waals surface area contributed by atoms with Crippen LogP contribution in [-0.4, -0.2) is 7.05 Å². The van der Waals surface area contributed by atoms with Crippen LogP contribution in [-0.2, 0) is 5.54 Å². The average molecular weight is 200 g/mol. The molecule has 1 aromatic carbocycles. The molecule has 0 amide bonds. The topological polar surface area (TPSA) is 12.0 Å². The molecule has 0 atom stereocenters.